The Kier molecular flexibility index (Phi) is 4.95. The zero-order chi connectivity index (χ0) is 16.4. The van der Waals surface area contributed by atoms with Gasteiger partial charge in [0, 0.05) is 11.9 Å². The van der Waals surface area contributed by atoms with Gasteiger partial charge in [-0.1, -0.05) is 0 Å². The molecule has 2 rings (SSSR count). The average molecular weight is 357 g/mol. The van der Waals surface area contributed by atoms with Crippen LogP contribution in [0.2, 0.25) is 0 Å². The van der Waals surface area contributed by atoms with E-state index in [1.807, 2.05) is 0 Å². The molecule has 1 aliphatic rings. The number of urea groups is 1. The summed E-state index contributed by atoms with van der Waals surface area (Å²) in [5.74, 6) is 0.162. The predicted octanol–water partition coefficient (Wildman–Crippen LogP) is 2.11. The van der Waals surface area contributed by atoms with Crippen molar-refractivity contribution in [2.75, 3.05) is 23.4 Å². The highest BCUT2D eigenvalue weighted by Gasteiger charge is 2.34. The van der Waals surface area contributed by atoms with Gasteiger partial charge in [-0.2, -0.15) is 13.2 Å². The Morgan fingerprint density at radius 3 is 2.64 bits per heavy atom. The maximum atomic E-state index is 12.3. The van der Waals surface area contributed by atoms with Crippen molar-refractivity contribution < 1.29 is 26.4 Å². The van der Waals surface area contributed by atoms with Crippen molar-refractivity contribution in [2.45, 2.75) is 19.0 Å². The summed E-state index contributed by atoms with van der Waals surface area (Å²) < 4.78 is 60.2. The largest absolute Gasteiger partial charge is 0.434 e. The quantitative estimate of drug-likeness (QED) is 0.816. The highest BCUT2D eigenvalue weighted by molar-refractivity contribution is 7.91. The molecule has 0 bridgehead atoms. The number of sulfone groups is 1. The summed E-state index contributed by atoms with van der Waals surface area (Å²) in [6.07, 6.45) is -2.73. The monoisotopic (exact) mass is 357 g/mol. The molecular weight excluding hydrogens is 343 g/mol. The van der Waals surface area contributed by atoms with Crippen LogP contribution in [-0.4, -0.2) is 37.5 Å². The number of hydrogen-bond donors (Lipinski definition) is 2. The van der Waals surface area contributed by atoms with Gasteiger partial charge in [0.1, 0.15) is 0 Å². The second kappa shape index (κ2) is 6.41. The van der Waals surface area contributed by atoms with E-state index >= 15 is 0 Å². The van der Waals surface area contributed by atoms with Gasteiger partial charge in [-0.25, -0.2) is 18.2 Å². The molecule has 2 amide bonds. The highest BCUT2D eigenvalue weighted by Crippen LogP contribution is 2.31. The van der Waals surface area contributed by atoms with Crippen molar-refractivity contribution in [2.24, 2.45) is 5.92 Å². The van der Waals surface area contributed by atoms with Crippen LogP contribution in [0.25, 0.3) is 0 Å². The van der Waals surface area contributed by atoms with Gasteiger partial charge in [0.15, 0.2) is 20.7 Å². The van der Waals surface area contributed by atoms with Crippen LogP contribution in [0.15, 0.2) is 5.38 Å². The minimum Gasteiger partial charge on any atom is -0.337 e. The second-order valence-electron chi connectivity index (χ2n) is 4.97. The normalized spacial score (nSPS) is 15.6. The third kappa shape index (κ3) is 5.44. The SMILES string of the molecule is O=C(NCCS(=O)(=O)CC1CC1)Nc1nc(C(F)(F)F)cs1. The van der Waals surface area contributed by atoms with Gasteiger partial charge < -0.3 is 5.32 Å². The first-order valence-corrected chi connectivity index (χ1v) is 9.14. The molecule has 1 aromatic heterocycles. The van der Waals surface area contributed by atoms with E-state index in [1.54, 1.807) is 0 Å². The van der Waals surface area contributed by atoms with Crippen molar-refractivity contribution in [1.29, 1.82) is 0 Å². The molecule has 0 aliphatic heterocycles. The number of anilines is 1. The standard InChI is InChI=1S/C11H14F3N3O3S2/c12-11(13,14)8-5-21-10(16-8)17-9(18)15-3-4-22(19,20)6-7-1-2-7/h5,7H,1-4,6H2,(H2,15,16,17,18). The predicted molar refractivity (Wildman–Crippen MR) is 75.5 cm³/mol. The van der Waals surface area contributed by atoms with Gasteiger partial charge in [0.2, 0.25) is 0 Å². The maximum absolute atomic E-state index is 12.3. The molecule has 0 saturated heterocycles. The highest BCUT2D eigenvalue weighted by atomic mass is 32.2. The molecular formula is C11H14F3N3O3S2. The summed E-state index contributed by atoms with van der Waals surface area (Å²) in [5, 5.41) is 5.01. The van der Waals surface area contributed by atoms with Gasteiger partial charge in [-0.3, -0.25) is 5.32 Å². The minimum absolute atomic E-state index is 0.0988. The van der Waals surface area contributed by atoms with Gasteiger partial charge in [-0.15, -0.1) is 11.3 Å². The summed E-state index contributed by atoms with van der Waals surface area (Å²) >= 11 is 0.639. The molecule has 11 heteroatoms. The number of nitrogens with one attached hydrogen (secondary N) is 2. The lowest BCUT2D eigenvalue weighted by atomic mass is 10.5. The summed E-state index contributed by atoms with van der Waals surface area (Å²) in [7, 11) is -3.21. The first kappa shape index (κ1) is 17.0. The van der Waals surface area contributed by atoms with Crippen molar-refractivity contribution >= 4 is 32.3 Å². The third-order valence-electron chi connectivity index (χ3n) is 2.90. The fourth-order valence-corrected chi connectivity index (χ4v) is 3.99. The van der Waals surface area contributed by atoms with Gasteiger partial charge in [-0.05, 0) is 18.8 Å². The third-order valence-corrected chi connectivity index (χ3v) is 5.46. The smallest absolute Gasteiger partial charge is 0.337 e. The molecule has 0 atom stereocenters. The number of hydrogen-bond acceptors (Lipinski definition) is 5. The van der Waals surface area contributed by atoms with Crippen molar-refractivity contribution in [3.8, 4) is 0 Å². The van der Waals surface area contributed by atoms with Gasteiger partial charge in [0.25, 0.3) is 0 Å². The van der Waals surface area contributed by atoms with Crippen LogP contribution in [0.1, 0.15) is 18.5 Å². The van der Waals surface area contributed by atoms with E-state index in [-0.39, 0.29) is 29.1 Å². The van der Waals surface area contributed by atoms with E-state index in [0.29, 0.717) is 11.3 Å². The molecule has 0 radical (unpaired) electrons. The Morgan fingerprint density at radius 1 is 1.41 bits per heavy atom. The van der Waals surface area contributed by atoms with E-state index in [0.717, 1.165) is 18.2 Å². The lowest BCUT2D eigenvalue weighted by Crippen LogP contribution is -2.33. The van der Waals surface area contributed by atoms with Crippen LogP contribution >= 0.6 is 11.3 Å². The average Bonchev–Trinajstić information content (AvgIpc) is 3.02. The van der Waals surface area contributed by atoms with Gasteiger partial charge >= 0.3 is 12.2 Å². The number of alkyl halides is 3. The van der Waals surface area contributed by atoms with Crippen molar-refractivity contribution in [3.05, 3.63) is 11.1 Å². The van der Waals surface area contributed by atoms with Crippen LogP contribution in [0.3, 0.4) is 0 Å². The maximum Gasteiger partial charge on any atom is 0.434 e. The van der Waals surface area contributed by atoms with Crippen molar-refractivity contribution in [1.82, 2.24) is 10.3 Å². The van der Waals surface area contributed by atoms with Crippen LogP contribution in [0.4, 0.5) is 23.1 Å². The summed E-state index contributed by atoms with van der Waals surface area (Å²) in [6.45, 7) is -0.0988. The van der Waals surface area contributed by atoms with Crippen LogP contribution < -0.4 is 10.6 Å². The van der Waals surface area contributed by atoms with Crippen molar-refractivity contribution in [3.63, 3.8) is 0 Å². The molecule has 0 aromatic carbocycles. The fourth-order valence-electron chi connectivity index (χ4n) is 1.65. The fraction of sp³-hybridized carbons (Fsp3) is 0.636. The molecule has 6 nitrogen and oxygen atoms in total. The minimum atomic E-state index is -4.57. The number of halogens is 3. The number of carbonyl (C=O) groups excluding carboxylic acids is 1. The molecule has 1 aliphatic carbocycles. The molecule has 1 fully saturated rings. The molecule has 1 aromatic rings. The number of thiazole rings is 1. The summed E-state index contributed by atoms with van der Waals surface area (Å²) in [5.41, 5.74) is -1.08. The van der Waals surface area contributed by atoms with Crippen LogP contribution in [-0.2, 0) is 16.0 Å². The Bertz CT molecular complexity index is 638. The zero-order valence-electron chi connectivity index (χ0n) is 11.3. The number of amides is 2. The Labute approximate surface area is 129 Å². The number of nitrogens with zero attached hydrogens (tertiary/aromatic N) is 1. The first-order chi connectivity index (χ1) is 10.2. The van der Waals surface area contributed by atoms with E-state index in [1.165, 1.54) is 0 Å². The van der Waals surface area contributed by atoms with Crippen LogP contribution in [0, 0.1) is 5.92 Å². The molecule has 22 heavy (non-hydrogen) atoms. The number of carbonyl (C=O) groups is 1. The Balaban J connectivity index is 1.74. The van der Waals surface area contributed by atoms with E-state index in [4.69, 9.17) is 0 Å². The molecule has 0 unspecified atom stereocenters. The first-order valence-electron chi connectivity index (χ1n) is 6.44. The summed E-state index contributed by atoms with van der Waals surface area (Å²) in [4.78, 5) is 14.7. The molecule has 1 saturated carbocycles. The molecule has 2 N–H and O–H groups in total. The van der Waals surface area contributed by atoms with E-state index < -0.39 is 27.7 Å². The topological polar surface area (TPSA) is 88.2 Å². The number of rotatable bonds is 6. The summed E-state index contributed by atoms with van der Waals surface area (Å²) in [6, 6.07) is -0.787. The molecule has 124 valence electrons. The Morgan fingerprint density at radius 2 is 2.09 bits per heavy atom. The number of aromatic nitrogens is 1. The lowest BCUT2D eigenvalue weighted by Gasteiger charge is -2.06. The molecule has 1 heterocycles. The van der Waals surface area contributed by atoms with Gasteiger partial charge in [0.05, 0.1) is 11.5 Å². The zero-order valence-corrected chi connectivity index (χ0v) is 12.9. The van der Waals surface area contributed by atoms with E-state index in [9.17, 15) is 26.4 Å². The second-order valence-corrected chi connectivity index (χ2v) is 8.06. The van der Waals surface area contributed by atoms with E-state index in [2.05, 4.69) is 15.6 Å². The lowest BCUT2D eigenvalue weighted by molar-refractivity contribution is -0.140. The van der Waals surface area contributed by atoms with Crippen LogP contribution in [0.5, 0.6) is 0 Å². The Hall–Kier alpha value is -1.36. The molecule has 0 spiro atoms.